The number of fused-ring (bicyclic) bond motifs is 1. The van der Waals surface area contributed by atoms with E-state index in [9.17, 15) is 10.1 Å². The highest BCUT2D eigenvalue weighted by Crippen LogP contribution is 2.34. The number of amides is 1. The van der Waals surface area contributed by atoms with Crippen LogP contribution in [-0.2, 0) is 10.5 Å². The number of nitrogens with zero attached hydrogens (tertiary/aromatic N) is 5. The van der Waals surface area contributed by atoms with Crippen LogP contribution in [0.15, 0.2) is 33.7 Å². The first-order valence-corrected chi connectivity index (χ1v) is 10.9. The van der Waals surface area contributed by atoms with Gasteiger partial charge in [-0.05, 0) is 11.6 Å². The van der Waals surface area contributed by atoms with Crippen LogP contribution in [0, 0.1) is 18.3 Å². The van der Waals surface area contributed by atoms with E-state index >= 15 is 0 Å². The number of benzene rings is 1. The van der Waals surface area contributed by atoms with E-state index in [1.807, 2.05) is 28.0 Å². The molecule has 1 aromatic carbocycles. The van der Waals surface area contributed by atoms with Crippen molar-refractivity contribution in [3.63, 3.8) is 0 Å². The van der Waals surface area contributed by atoms with Crippen LogP contribution in [0.4, 0.5) is 11.6 Å². The molecule has 0 unspecified atom stereocenters. The number of hydrogen-bond donors (Lipinski definition) is 0. The second kappa shape index (κ2) is 8.29. The lowest BCUT2D eigenvalue weighted by molar-refractivity contribution is -0.128. The zero-order chi connectivity index (χ0) is 19.5. The molecule has 1 saturated heterocycles. The van der Waals surface area contributed by atoms with Crippen molar-refractivity contribution in [1.82, 2.24) is 9.88 Å². The van der Waals surface area contributed by atoms with Gasteiger partial charge >= 0.3 is 0 Å². The summed E-state index contributed by atoms with van der Waals surface area (Å²) in [7, 11) is 0. The standard InChI is InChI=1S/C19H19N5O2S2/c1-13-21-16(10-20)18(26-13)24-8-6-23(7-9-24)17(25)12-28-19-22-15-5-3-2-4-14(15)11-27-19/h2-5H,6-9,11-12H2,1H3. The maximum Gasteiger partial charge on any atom is 0.234 e. The van der Waals surface area contributed by atoms with E-state index in [2.05, 4.69) is 22.1 Å². The highest BCUT2D eigenvalue weighted by atomic mass is 32.2. The molecule has 144 valence electrons. The van der Waals surface area contributed by atoms with Gasteiger partial charge < -0.3 is 14.2 Å². The van der Waals surface area contributed by atoms with E-state index in [-0.39, 0.29) is 5.91 Å². The topological polar surface area (TPSA) is 85.7 Å². The Labute approximate surface area is 171 Å². The first-order chi connectivity index (χ1) is 13.6. The number of aryl methyl sites for hydroxylation is 1. The largest absolute Gasteiger partial charge is 0.424 e. The number of carbonyl (C=O) groups excluding carboxylic acids is 1. The molecular formula is C19H19N5O2S2. The van der Waals surface area contributed by atoms with Gasteiger partial charge in [-0.3, -0.25) is 4.79 Å². The lowest BCUT2D eigenvalue weighted by Crippen LogP contribution is -2.49. The molecule has 0 aliphatic carbocycles. The first kappa shape index (κ1) is 18.9. The quantitative estimate of drug-likeness (QED) is 0.764. The van der Waals surface area contributed by atoms with Crippen molar-refractivity contribution in [2.75, 3.05) is 36.8 Å². The van der Waals surface area contributed by atoms with Gasteiger partial charge in [-0.15, -0.1) is 0 Å². The van der Waals surface area contributed by atoms with Gasteiger partial charge in [0.05, 0.1) is 11.4 Å². The number of aromatic nitrogens is 1. The second-order valence-electron chi connectivity index (χ2n) is 6.45. The van der Waals surface area contributed by atoms with Gasteiger partial charge in [-0.1, -0.05) is 41.7 Å². The van der Waals surface area contributed by atoms with Crippen LogP contribution in [0.3, 0.4) is 0 Å². The fourth-order valence-electron chi connectivity index (χ4n) is 3.16. The first-order valence-electron chi connectivity index (χ1n) is 8.96. The summed E-state index contributed by atoms with van der Waals surface area (Å²) >= 11 is 3.19. The number of aliphatic imine (C=N–C) groups is 1. The minimum Gasteiger partial charge on any atom is -0.424 e. The van der Waals surface area contributed by atoms with Crippen LogP contribution < -0.4 is 4.90 Å². The van der Waals surface area contributed by atoms with Crippen molar-refractivity contribution in [3.8, 4) is 6.07 Å². The van der Waals surface area contributed by atoms with Crippen molar-refractivity contribution >= 4 is 45.4 Å². The van der Waals surface area contributed by atoms with Crippen LogP contribution >= 0.6 is 23.5 Å². The molecule has 0 radical (unpaired) electrons. The Morgan fingerprint density at radius 1 is 1.32 bits per heavy atom. The SMILES string of the molecule is Cc1nc(C#N)c(N2CCN(C(=O)CSC3=Nc4ccccc4CS3)CC2)o1. The minimum absolute atomic E-state index is 0.112. The Balaban J connectivity index is 1.30. The summed E-state index contributed by atoms with van der Waals surface area (Å²) in [6, 6.07) is 10.2. The van der Waals surface area contributed by atoms with Crippen molar-refractivity contribution in [2.45, 2.75) is 12.7 Å². The summed E-state index contributed by atoms with van der Waals surface area (Å²) in [5.74, 6) is 2.38. The van der Waals surface area contributed by atoms with Crippen molar-refractivity contribution in [1.29, 1.82) is 5.26 Å². The number of piperazine rings is 1. The number of oxazole rings is 1. The number of thioether (sulfide) groups is 2. The Morgan fingerprint density at radius 3 is 2.89 bits per heavy atom. The Bertz CT molecular complexity index is 957. The molecule has 0 saturated carbocycles. The van der Waals surface area contributed by atoms with E-state index in [0.717, 1.165) is 15.8 Å². The summed E-state index contributed by atoms with van der Waals surface area (Å²) in [6.07, 6.45) is 0. The van der Waals surface area contributed by atoms with Crippen LogP contribution in [0.1, 0.15) is 17.1 Å². The number of hydrogen-bond acceptors (Lipinski definition) is 8. The van der Waals surface area contributed by atoms with E-state index in [1.165, 1.54) is 17.3 Å². The molecule has 2 aromatic rings. The minimum atomic E-state index is 0.112. The van der Waals surface area contributed by atoms with Gasteiger partial charge in [0.1, 0.15) is 10.4 Å². The summed E-state index contributed by atoms with van der Waals surface area (Å²) in [6.45, 7) is 4.19. The molecule has 2 aliphatic heterocycles. The van der Waals surface area contributed by atoms with Crippen LogP contribution in [-0.4, -0.2) is 52.1 Å². The second-order valence-corrected chi connectivity index (χ2v) is 8.64. The third-order valence-corrected chi connectivity index (χ3v) is 6.85. The molecular weight excluding hydrogens is 394 g/mol. The third-order valence-electron chi connectivity index (χ3n) is 4.62. The Hall–Kier alpha value is -2.44. The number of carbonyl (C=O) groups is 1. The van der Waals surface area contributed by atoms with Crippen molar-refractivity contribution in [2.24, 2.45) is 4.99 Å². The van der Waals surface area contributed by atoms with Gasteiger partial charge in [-0.25, -0.2) is 9.98 Å². The molecule has 0 bridgehead atoms. The Morgan fingerprint density at radius 2 is 2.11 bits per heavy atom. The highest BCUT2D eigenvalue weighted by Gasteiger charge is 2.26. The zero-order valence-corrected chi connectivity index (χ0v) is 17.1. The van der Waals surface area contributed by atoms with Crippen LogP contribution in [0.5, 0.6) is 0 Å². The van der Waals surface area contributed by atoms with Crippen LogP contribution in [0.2, 0.25) is 0 Å². The third kappa shape index (κ3) is 4.03. The molecule has 28 heavy (non-hydrogen) atoms. The molecule has 1 aromatic heterocycles. The average Bonchev–Trinajstić information content (AvgIpc) is 3.12. The average molecular weight is 414 g/mol. The summed E-state index contributed by atoms with van der Waals surface area (Å²) in [4.78, 5) is 25.2. The van der Waals surface area contributed by atoms with Crippen molar-refractivity contribution < 1.29 is 9.21 Å². The molecule has 0 spiro atoms. The molecule has 2 aliphatic rings. The smallest absolute Gasteiger partial charge is 0.234 e. The number of nitriles is 1. The number of rotatable bonds is 3. The summed E-state index contributed by atoms with van der Waals surface area (Å²) in [5.41, 5.74) is 2.54. The van der Waals surface area contributed by atoms with Gasteiger partial charge in [0.15, 0.2) is 5.89 Å². The van der Waals surface area contributed by atoms with Gasteiger partial charge in [0.25, 0.3) is 0 Å². The molecule has 0 N–H and O–H groups in total. The van der Waals surface area contributed by atoms with E-state index in [0.29, 0.717) is 49.4 Å². The fourth-order valence-corrected chi connectivity index (χ4v) is 5.13. The van der Waals surface area contributed by atoms with E-state index in [1.54, 1.807) is 18.7 Å². The highest BCUT2D eigenvalue weighted by molar-refractivity contribution is 8.38. The maximum atomic E-state index is 12.6. The predicted octanol–water partition coefficient (Wildman–Crippen LogP) is 3.17. The lowest BCUT2D eigenvalue weighted by atomic mass is 10.2. The Kier molecular flexibility index (Phi) is 5.59. The fraction of sp³-hybridized carbons (Fsp3) is 0.368. The van der Waals surface area contributed by atoms with Gasteiger partial charge in [0.2, 0.25) is 17.5 Å². The number of anilines is 1. The lowest BCUT2D eigenvalue weighted by Gasteiger charge is -2.34. The normalized spacial score (nSPS) is 16.4. The van der Waals surface area contributed by atoms with Crippen LogP contribution in [0.25, 0.3) is 0 Å². The summed E-state index contributed by atoms with van der Waals surface area (Å²) in [5, 5.41) is 9.18. The van der Waals surface area contributed by atoms with Gasteiger partial charge in [0, 0.05) is 38.9 Å². The molecule has 1 fully saturated rings. The molecule has 3 heterocycles. The van der Waals surface area contributed by atoms with Gasteiger partial charge in [-0.2, -0.15) is 5.26 Å². The van der Waals surface area contributed by atoms with E-state index < -0.39 is 0 Å². The number of para-hydroxylation sites is 1. The van der Waals surface area contributed by atoms with Crippen molar-refractivity contribution in [3.05, 3.63) is 41.4 Å². The molecule has 9 heteroatoms. The molecule has 1 amide bonds. The molecule has 4 rings (SSSR count). The predicted molar refractivity (Wildman–Crippen MR) is 112 cm³/mol. The monoisotopic (exact) mass is 413 g/mol. The van der Waals surface area contributed by atoms with E-state index in [4.69, 9.17) is 4.42 Å². The zero-order valence-electron chi connectivity index (χ0n) is 15.4. The summed E-state index contributed by atoms with van der Waals surface area (Å²) < 4.78 is 6.51. The maximum absolute atomic E-state index is 12.6. The molecule has 0 atom stereocenters. The molecule has 7 nitrogen and oxygen atoms in total.